The highest BCUT2D eigenvalue weighted by atomic mass is 16.5. The summed E-state index contributed by atoms with van der Waals surface area (Å²) in [6.07, 6.45) is 1.16. The fourth-order valence-corrected chi connectivity index (χ4v) is 2.40. The first kappa shape index (κ1) is 11.8. The third kappa shape index (κ3) is 2.36. The molecule has 2 unspecified atom stereocenters. The van der Waals surface area contributed by atoms with Gasteiger partial charge in [0.25, 0.3) is 0 Å². The number of piperidine rings is 1. The molecule has 0 aromatic carbocycles. The van der Waals surface area contributed by atoms with Crippen molar-refractivity contribution in [3.05, 3.63) is 0 Å². The van der Waals surface area contributed by atoms with Gasteiger partial charge in [-0.1, -0.05) is 0 Å². The van der Waals surface area contributed by atoms with E-state index in [1.165, 1.54) is 0 Å². The summed E-state index contributed by atoms with van der Waals surface area (Å²) in [7, 11) is 1.86. The molecule has 2 rings (SSSR count). The molecule has 1 amide bonds. The van der Waals surface area contributed by atoms with Crippen molar-refractivity contribution in [2.75, 3.05) is 33.4 Å². The molecule has 0 bridgehead atoms. The van der Waals surface area contributed by atoms with E-state index in [-0.39, 0.29) is 24.0 Å². The summed E-state index contributed by atoms with van der Waals surface area (Å²) < 4.78 is 5.33. The Balaban J connectivity index is 1.91. The molecule has 2 aliphatic heterocycles. The summed E-state index contributed by atoms with van der Waals surface area (Å²) in [5.41, 5.74) is 0. The fourth-order valence-electron chi connectivity index (χ4n) is 2.40. The third-order valence-electron chi connectivity index (χ3n) is 3.54. The highest BCUT2D eigenvalue weighted by Gasteiger charge is 2.36. The van der Waals surface area contributed by atoms with E-state index in [9.17, 15) is 9.90 Å². The molecule has 2 aliphatic rings. The molecule has 2 N–H and O–H groups in total. The van der Waals surface area contributed by atoms with Crippen molar-refractivity contribution in [3.8, 4) is 0 Å². The quantitative estimate of drug-likeness (QED) is 0.650. The summed E-state index contributed by atoms with van der Waals surface area (Å²) in [6, 6.07) is 0.138. The van der Waals surface area contributed by atoms with Gasteiger partial charge in [-0.2, -0.15) is 0 Å². The van der Waals surface area contributed by atoms with Crippen LogP contribution >= 0.6 is 0 Å². The summed E-state index contributed by atoms with van der Waals surface area (Å²) in [5.74, 6) is 0.115. The van der Waals surface area contributed by atoms with Crippen LogP contribution in [0.25, 0.3) is 0 Å². The molecule has 5 nitrogen and oxygen atoms in total. The van der Waals surface area contributed by atoms with Crippen LogP contribution in [-0.2, 0) is 9.53 Å². The largest absolute Gasteiger partial charge is 0.393 e. The van der Waals surface area contributed by atoms with Crippen molar-refractivity contribution in [2.45, 2.75) is 25.0 Å². The minimum Gasteiger partial charge on any atom is -0.393 e. The minimum atomic E-state index is -0.232. The number of nitrogens with zero attached hydrogens (tertiary/aromatic N) is 1. The van der Waals surface area contributed by atoms with Crippen molar-refractivity contribution in [2.24, 2.45) is 5.92 Å². The maximum Gasteiger partial charge on any atom is 0.229 e. The number of hydrogen-bond acceptors (Lipinski definition) is 4. The SMILES string of the molecule is CNC1COCC1C(=O)N1CCC(O)CC1. The number of likely N-dealkylation sites (N-methyl/N-ethyl adjacent to an activating group) is 1. The smallest absolute Gasteiger partial charge is 0.229 e. The lowest BCUT2D eigenvalue weighted by atomic mass is 10.00. The second-order valence-corrected chi connectivity index (χ2v) is 4.60. The Labute approximate surface area is 95.8 Å². The molecular weight excluding hydrogens is 208 g/mol. The van der Waals surface area contributed by atoms with Gasteiger partial charge < -0.3 is 20.1 Å². The number of hydrogen-bond donors (Lipinski definition) is 2. The Morgan fingerprint density at radius 2 is 2.06 bits per heavy atom. The molecule has 5 heteroatoms. The average Bonchev–Trinajstić information content (AvgIpc) is 2.77. The van der Waals surface area contributed by atoms with Gasteiger partial charge in [0.15, 0.2) is 0 Å². The van der Waals surface area contributed by atoms with Crippen molar-refractivity contribution < 1.29 is 14.6 Å². The maximum atomic E-state index is 12.2. The second kappa shape index (κ2) is 5.12. The number of carbonyl (C=O) groups excluding carboxylic acids is 1. The van der Waals surface area contributed by atoms with Crippen molar-refractivity contribution >= 4 is 5.91 Å². The Bertz CT molecular complexity index is 252. The minimum absolute atomic E-state index is 0.0553. The van der Waals surface area contributed by atoms with Crippen molar-refractivity contribution in [1.29, 1.82) is 0 Å². The predicted octanol–water partition coefficient (Wildman–Crippen LogP) is -0.796. The van der Waals surface area contributed by atoms with Gasteiger partial charge >= 0.3 is 0 Å². The topological polar surface area (TPSA) is 61.8 Å². The molecule has 2 saturated heterocycles. The zero-order valence-electron chi connectivity index (χ0n) is 9.69. The van der Waals surface area contributed by atoms with Gasteiger partial charge in [0.2, 0.25) is 5.91 Å². The zero-order chi connectivity index (χ0) is 11.5. The lowest BCUT2D eigenvalue weighted by Crippen LogP contribution is -2.48. The zero-order valence-corrected chi connectivity index (χ0v) is 9.69. The second-order valence-electron chi connectivity index (χ2n) is 4.60. The summed E-state index contributed by atoms with van der Waals surface area (Å²) in [4.78, 5) is 14.1. The molecule has 2 fully saturated rings. The van der Waals surface area contributed by atoms with E-state index < -0.39 is 0 Å². The van der Waals surface area contributed by atoms with Crippen LogP contribution in [0.3, 0.4) is 0 Å². The summed E-state index contributed by atoms with van der Waals surface area (Å²) >= 11 is 0. The lowest BCUT2D eigenvalue weighted by molar-refractivity contribution is -0.138. The maximum absolute atomic E-state index is 12.2. The first-order valence-corrected chi connectivity index (χ1v) is 5.94. The van der Waals surface area contributed by atoms with Crippen LogP contribution < -0.4 is 5.32 Å². The first-order chi connectivity index (χ1) is 7.72. The van der Waals surface area contributed by atoms with E-state index in [1.807, 2.05) is 11.9 Å². The van der Waals surface area contributed by atoms with Gasteiger partial charge in [0.05, 0.1) is 25.2 Å². The monoisotopic (exact) mass is 228 g/mol. The number of amides is 1. The number of ether oxygens (including phenoxy) is 1. The van der Waals surface area contributed by atoms with Crippen molar-refractivity contribution in [3.63, 3.8) is 0 Å². The molecule has 0 radical (unpaired) electrons. The van der Waals surface area contributed by atoms with E-state index in [2.05, 4.69) is 5.32 Å². The van der Waals surface area contributed by atoms with E-state index in [0.29, 0.717) is 39.1 Å². The number of aliphatic hydroxyl groups is 1. The van der Waals surface area contributed by atoms with Crippen LogP contribution in [0.15, 0.2) is 0 Å². The van der Waals surface area contributed by atoms with Crippen molar-refractivity contribution in [1.82, 2.24) is 10.2 Å². The Hall–Kier alpha value is -0.650. The Kier molecular flexibility index (Phi) is 3.78. The Morgan fingerprint density at radius 3 is 2.69 bits per heavy atom. The highest BCUT2D eigenvalue weighted by Crippen LogP contribution is 2.19. The number of likely N-dealkylation sites (tertiary alicyclic amines) is 1. The van der Waals surface area contributed by atoms with E-state index in [1.54, 1.807) is 0 Å². The normalized spacial score (nSPS) is 32.0. The van der Waals surface area contributed by atoms with E-state index in [0.717, 1.165) is 0 Å². The molecule has 2 atom stereocenters. The molecule has 0 saturated carbocycles. The van der Waals surface area contributed by atoms with Crippen LogP contribution in [0.2, 0.25) is 0 Å². The molecule has 0 aliphatic carbocycles. The molecular formula is C11H20N2O3. The standard InChI is InChI=1S/C11H20N2O3/c1-12-10-7-16-6-9(10)11(15)13-4-2-8(14)3-5-13/h8-10,12,14H,2-7H2,1H3. The van der Waals surface area contributed by atoms with Crippen LogP contribution in [0.1, 0.15) is 12.8 Å². The van der Waals surface area contributed by atoms with Gasteiger partial charge in [0, 0.05) is 19.1 Å². The lowest BCUT2D eigenvalue weighted by Gasteiger charge is -2.32. The highest BCUT2D eigenvalue weighted by molar-refractivity contribution is 5.80. The van der Waals surface area contributed by atoms with Gasteiger partial charge in [-0.3, -0.25) is 4.79 Å². The van der Waals surface area contributed by atoms with Gasteiger partial charge in [-0.05, 0) is 19.9 Å². The van der Waals surface area contributed by atoms with Crippen LogP contribution in [0.5, 0.6) is 0 Å². The Morgan fingerprint density at radius 1 is 1.38 bits per heavy atom. The molecule has 92 valence electrons. The number of nitrogens with one attached hydrogen (secondary N) is 1. The fraction of sp³-hybridized carbons (Fsp3) is 0.909. The number of carbonyl (C=O) groups is 1. The summed E-state index contributed by atoms with van der Waals surface area (Å²) in [6.45, 7) is 2.48. The summed E-state index contributed by atoms with van der Waals surface area (Å²) in [5, 5.41) is 12.5. The van der Waals surface area contributed by atoms with E-state index >= 15 is 0 Å². The molecule has 0 aromatic heterocycles. The third-order valence-corrected chi connectivity index (χ3v) is 3.54. The van der Waals surface area contributed by atoms with Gasteiger partial charge in [-0.25, -0.2) is 0 Å². The van der Waals surface area contributed by atoms with E-state index in [4.69, 9.17) is 4.74 Å². The van der Waals surface area contributed by atoms with Gasteiger partial charge in [-0.15, -0.1) is 0 Å². The molecule has 2 heterocycles. The molecule has 16 heavy (non-hydrogen) atoms. The number of rotatable bonds is 2. The predicted molar refractivity (Wildman–Crippen MR) is 59.0 cm³/mol. The average molecular weight is 228 g/mol. The number of aliphatic hydroxyl groups excluding tert-OH is 1. The molecule has 0 spiro atoms. The van der Waals surface area contributed by atoms with Crippen LogP contribution in [0, 0.1) is 5.92 Å². The van der Waals surface area contributed by atoms with Crippen LogP contribution in [-0.4, -0.2) is 61.4 Å². The molecule has 0 aromatic rings. The van der Waals surface area contributed by atoms with Crippen LogP contribution in [0.4, 0.5) is 0 Å². The van der Waals surface area contributed by atoms with Gasteiger partial charge in [0.1, 0.15) is 0 Å². The first-order valence-electron chi connectivity index (χ1n) is 5.94.